The molecule has 0 aliphatic heterocycles. The van der Waals surface area contributed by atoms with Crippen LogP contribution in [0.1, 0.15) is 0 Å². The minimum atomic E-state index is 0.709. The predicted octanol–water partition coefficient (Wildman–Crippen LogP) is -1.66. The summed E-state index contributed by atoms with van der Waals surface area (Å²) in [6, 6.07) is 0. The first kappa shape index (κ1) is 8.84. The van der Waals surface area contributed by atoms with Gasteiger partial charge in [0.2, 0.25) is 0 Å². The van der Waals surface area contributed by atoms with Crippen molar-refractivity contribution in [2.75, 3.05) is 33.2 Å². The Morgan fingerprint density at radius 1 is 1.44 bits per heavy atom. The van der Waals surface area contributed by atoms with Gasteiger partial charge in [0.1, 0.15) is 0 Å². The van der Waals surface area contributed by atoms with Gasteiger partial charge < -0.3 is 10.6 Å². The van der Waals surface area contributed by atoms with Crippen LogP contribution >= 0.6 is 0 Å². The number of hydrogen-bond donors (Lipinski definition) is 3. The van der Waals surface area contributed by atoms with E-state index < -0.39 is 0 Å². The predicted molar refractivity (Wildman–Crippen MR) is 38.7 cm³/mol. The molecule has 0 saturated carbocycles. The van der Waals surface area contributed by atoms with Crippen LogP contribution in [-0.2, 0) is 0 Å². The number of likely N-dealkylation sites (N-methyl/N-ethyl adjacent to an activating group) is 1. The molecule has 0 unspecified atom stereocenters. The Balaban J connectivity index is 2.95. The molecule has 0 aromatic heterocycles. The molecule has 0 atom stereocenters. The molecule has 56 valence electrons. The largest absolute Gasteiger partial charge is 0.329 e. The van der Waals surface area contributed by atoms with Gasteiger partial charge in [-0.05, 0) is 7.05 Å². The van der Waals surface area contributed by atoms with Crippen LogP contribution in [-0.4, -0.2) is 38.1 Å². The van der Waals surface area contributed by atoms with Crippen LogP contribution < -0.4 is 17.0 Å². The number of rotatable bonds is 5. The lowest BCUT2D eigenvalue weighted by molar-refractivity contribution is 0.341. The maximum Gasteiger partial charge on any atom is 0.0225 e. The molecule has 4 nitrogen and oxygen atoms in total. The molecule has 0 amide bonds. The van der Waals surface area contributed by atoms with Crippen molar-refractivity contribution < 1.29 is 0 Å². The van der Waals surface area contributed by atoms with Gasteiger partial charge in [0, 0.05) is 26.2 Å². The van der Waals surface area contributed by atoms with E-state index in [1.807, 2.05) is 7.05 Å². The average molecular weight is 132 g/mol. The first-order valence-corrected chi connectivity index (χ1v) is 3.13. The van der Waals surface area contributed by atoms with Crippen molar-refractivity contribution in [1.29, 1.82) is 0 Å². The van der Waals surface area contributed by atoms with E-state index >= 15 is 0 Å². The van der Waals surface area contributed by atoms with Crippen molar-refractivity contribution in [3.63, 3.8) is 0 Å². The molecule has 0 aliphatic carbocycles. The highest BCUT2D eigenvalue weighted by Crippen LogP contribution is 1.75. The highest BCUT2D eigenvalue weighted by atomic mass is 15.2. The Labute approximate surface area is 56.2 Å². The molecule has 0 aromatic carbocycles. The summed E-state index contributed by atoms with van der Waals surface area (Å²) in [5, 5.41) is 0. The van der Waals surface area contributed by atoms with Gasteiger partial charge in [-0.3, -0.25) is 11.3 Å². The van der Waals surface area contributed by atoms with E-state index in [-0.39, 0.29) is 0 Å². The second kappa shape index (κ2) is 5.97. The number of hydrogen-bond acceptors (Lipinski definition) is 4. The van der Waals surface area contributed by atoms with Crippen LogP contribution in [0.25, 0.3) is 0 Å². The normalized spacial score (nSPS) is 10.7. The molecule has 0 aliphatic rings. The third kappa shape index (κ3) is 5.72. The maximum absolute atomic E-state index is 5.31. The van der Waals surface area contributed by atoms with E-state index in [9.17, 15) is 0 Å². The smallest absolute Gasteiger partial charge is 0.0225 e. The summed E-state index contributed by atoms with van der Waals surface area (Å²) >= 11 is 0. The number of nitrogens with zero attached hydrogens (tertiary/aromatic N) is 1. The Morgan fingerprint density at radius 3 is 2.56 bits per heavy atom. The van der Waals surface area contributed by atoms with E-state index in [1.54, 1.807) is 0 Å². The van der Waals surface area contributed by atoms with Gasteiger partial charge in [0.15, 0.2) is 0 Å². The third-order valence-corrected chi connectivity index (χ3v) is 1.15. The lowest BCUT2D eigenvalue weighted by Gasteiger charge is -2.13. The van der Waals surface area contributed by atoms with Crippen molar-refractivity contribution >= 4 is 0 Å². The van der Waals surface area contributed by atoms with Crippen molar-refractivity contribution in [3.8, 4) is 0 Å². The molecular formula is C5H16N4. The van der Waals surface area contributed by atoms with Crippen LogP contribution in [0.4, 0.5) is 0 Å². The van der Waals surface area contributed by atoms with Crippen LogP contribution in [0.2, 0.25) is 0 Å². The minimum absolute atomic E-state index is 0.709. The van der Waals surface area contributed by atoms with Crippen LogP contribution in [0.5, 0.6) is 0 Å². The van der Waals surface area contributed by atoms with Gasteiger partial charge in [0.05, 0.1) is 0 Å². The highest BCUT2D eigenvalue weighted by Gasteiger charge is 1.92. The molecule has 0 rings (SSSR count). The van der Waals surface area contributed by atoms with Crippen molar-refractivity contribution in [2.24, 2.45) is 11.6 Å². The highest BCUT2D eigenvalue weighted by molar-refractivity contribution is 4.51. The molecule has 0 aromatic rings. The van der Waals surface area contributed by atoms with Crippen LogP contribution in [0, 0.1) is 0 Å². The summed E-state index contributed by atoms with van der Waals surface area (Å²) < 4.78 is 0. The van der Waals surface area contributed by atoms with Crippen molar-refractivity contribution in [3.05, 3.63) is 0 Å². The molecule has 0 radical (unpaired) electrons. The van der Waals surface area contributed by atoms with E-state index in [0.29, 0.717) is 6.54 Å². The second-order valence-electron chi connectivity index (χ2n) is 2.05. The first-order valence-electron chi connectivity index (χ1n) is 3.13. The lowest BCUT2D eigenvalue weighted by atomic mass is 10.5. The van der Waals surface area contributed by atoms with E-state index in [2.05, 4.69) is 10.3 Å². The van der Waals surface area contributed by atoms with Crippen molar-refractivity contribution in [1.82, 2.24) is 10.3 Å². The number of nitrogens with two attached hydrogens (primary N) is 2. The molecule has 0 fully saturated rings. The fourth-order valence-electron chi connectivity index (χ4n) is 0.588. The molecule has 9 heavy (non-hydrogen) atoms. The number of hydrazine groups is 1. The fourth-order valence-corrected chi connectivity index (χ4v) is 0.588. The van der Waals surface area contributed by atoms with Crippen molar-refractivity contribution in [2.45, 2.75) is 0 Å². The maximum atomic E-state index is 5.31. The Kier molecular flexibility index (Phi) is 5.86. The van der Waals surface area contributed by atoms with E-state index in [4.69, 9.17) is 11.6 Å². The van der Waals surface area contributed by atoms with Gasteiger partial charge >= 0.3 is 0 Å². The molecule has 0 spiro atoms. The Morgan fingerprint density at radius 2 is 2.11 bits per heavy atom. The molecule has 0 heterocycles. The molecular weight excluding hydrogens is 116 g/mol. The van der Waals surface area contributed by atoms with Gasteiger partial charge in [0.25, 0.3) is 0 Å². The van der Waals surface area contributed by atoms with E-state index in [0.717, 1.165) is 19.6 Å². The topological polar surface area (TPSA) is 67.3 Å². The lowest BCUT2D eigenvalue weighted by Crippen LogP contribution is -2.35. The summed E-state index contributed by atoms with van der Waals surface area (Å²) in [5.74, 6) is 5.07. The Bertz CT molecular complexity index is 56.9. The average Bonchev–Trinajstić information content (AvgIpc) is 1.85. The summed E-state index contributed by atoms with van der Waals surface area (Å²) in [6.45, 7) is 3.41. The van der Waals surface area contributed by atoms with Gasteiger partial charge in [-0.1, -0.05) is 0 Å². The molecule has 0 saturated heterocycles. The molecule has 0 bridgehead atoms. The molecule has 5 N–H and O–H groups in total. The van der Waals surface area contributed by atoms with Gasteiger partial charge in [-0.2, -0.15) is 0 Å². The summed E-state index contributed by atoms with van der Waals surface area (Å²) in [5.41, 5.74) is 7.88. The Hall–Kier alpha value is -0.160. The summed E-state index contributed by atoms with van der Waals surface area (Å²) in [7, 11) is 2.02. The quantitative estimate of drug-likeness (QED) is 0.309. The second-order valence-corrected chi connectivity index (χ2v) is 2.05. The monoisotopic (exact) mass is 132 g/mol. The molecule has 4 heteroatoms. The standard InChI is InChI=1S/C5H16N4/c1-9(4-2-6)5-3-8-7/h8H,2-7H2,1H3. The summed E-state index contributed by atoms with van der Waals surface area (Å²) in [4.78, 5) is 2.12. The summed E-state index contributed by atoms with van der Waals surface area (Å²) in [6.07, 6.45) is 0. The van der Waals surface area contributed by atoms with Gasteiger partial charge in [-0.25, -0.2) is 0 Å². The van der Waals surface area contributed by atoms with Crippen LogP contribution in [0.3, 0.4) is 0 Å². The zero-order valence-corrected chi connectivity index (χ0v) is 5.93. The zero-order chi connectivity index (χ0) is 7.11. The zero-order valence-electron chi connectivity index (χ0n) is 5.93. The van der Waals surface area contributed by atoms with E-state index in [1.165, 1.54) is 0 Å². The number of nitrogens with one attached hydrogen (secondary N) is 1. The fraction of sp³-hybridized carbons (Fsp3) is 1.00. The first-order chi connectivity index (χ1) is 4.31. The van der Waals surface area contributed by atoms with Gasteiger partial charge in [-0.15, -0.1) is 0 Å². The van der Waals surface area contributed by atoms with Crippen LogP contribution in [0.15, 0.2) is 0 Å². The SMILES string of the molecule is CN(CCN)CCNN. The third-order valence-electron chi connectivity index (χ3n) is 1.15. The minimum Gasteiger partial charge on any atom is -0.329 e.